The maximum absolute atomic E-state index is 12.7. The van der Waals surface area contributed by atoms with Crippen LogP contribution in [0, 0.1) is 5.92 Å². The zero-order valence-corrected chi connectivity index (χ0v) is 13.4. The summed E-state index contributed by atoms with van der Waals surface area (Å²) in [6, 6.07) is 13.3. The normalized spacial score (nSPS) is 26.9. The molecule has 3 heterocycles. The fourth-order valence-corrected chi connectivity index (χ4v) is 4.18. The largest absolute Gasteiger partial charge is 0.280 e. The van der Waals surface area contributed by atoms with E-state index in [9.17, 15) is 9.59 Å². The molecule has 0 aliphatic carbocycles. The van der Waals surface area contributed by atoms with Crippen LogP contribution in [0.1, 0.15) is 17.8 Å². The fraction of sp³-hybridized carbons (Fsp3) is 0.294. The third-order valence-corrected chi connectivity index (χ3v) is 5.31. The number of hydrogen-bond acceptors (Lipinski definition) is 5. The molecule has 0 N–H and O–H groups in total. The number of likely N-dealkylation sites (tertiary alicyclic amines) is 1. The summed E-state index contributed by atoms with van der Waals surface area (Å²) >= 11 is 1.58. The highest BCUT2D eigenvalue weighted by molar-refractivity contribution is 7.10. The molecule has 6 heteroatoms. The van der Waals surface area contributed by atoms with Gasteiger partial charge in [-0.3, -0.25) is 19.3 Å². The lowest BCUT2D eigenvalue weighted by Gasteiger charge is -2.27. The fourth-order valence-electron chi connectivity index (χ4n) is 3.33. The van der Waals surface area contributed by atoms with Crippen molar-refractivity contribution in [2.75, 3.05) is 11.6 Å². The second kappa shape index (κ2) is 5.47. The van der Waals surface area contributed by atoms with Crippen molar-refractivity contribution in [1.29, 1.82) is 0 Å². The van der Waals surface area contributed by atoms with Gasteiger partial charge in [0, 0.05) is 11.4 Å². The summed E-state index contributed by atoms with van der Waals surface area (Å²) in [5.74, 6) is -0.858. The summed E-state index contributed by atoms with van der Waals surface area (Å²) < 4.78 is 0. The predicted molar refractivity (Wildman–Crippen MR) is 86.7 cm³/mol. The van der Waals surface area contributed by atoms with Gasteiger partial charge < -0.3 is 0 Å². The van der Waals surface area contributed by atoms with Crippen LogP contribution in [0.25, 0.3) is 0 Å². The second-order valence-electron chi connectivity index (χ2n) is 5.59. The Bertz CT molecular complexity index is 732. The molecule has 0 unspecified atom stereocenters. The van der Waals surface area contributed by atoms with Crippen molar-refractivity contribution in [3.63, 3.8) is 0 Å². The molecule has 1 aromatic carbocycles. The Kier molecular flexibility index (Phi) is 3.43. The van der Waals surface area contributed by atoms with Gasteiger partial charge in [-0.05, 0) is 30.5 Å². The van der Waals surface area contributed by atoms with Crippen LogP contribution in [-0.4, -0.2) is 29.4 Å². The third kappa shape index (κ3) is 2.09. The molecule has 5 nitrogen and oxygen atoms in total. The van der Waals surface area contributed by atoms with Gasteiger partial charge in [0.2, 0.25) is 5.91 Å². The van der Waals surface area contributed by atoms with E-state index in [1.54, 1.807) is 16.4 Å². The maximum Gasteiger partial charge on any atom is 0.261 e. The lowest BCUT2D eigenvalue weighted by atomic mass is 9.95. The summed E-state index contributed by atoms with van der Waals surface area (Å²) in [6.45, 7) is 2.20. The molecule has 2 fully saturated rings. The van der Waals surface area contributed by atoms with Crippen molar-refractivity contribution in [3.8, 4) is 0 Å². The Morgan fingerprint density at radius 1 is 1.09 bits per heavy atom. The lowest BCUT2D eigenvalue weighted by Crippen LogP contribution is -2.36. The number of anilines is 1. The van der Waals surface area contributed by atoms with Crippen LogP contribution in [0.3, 0.4) is 0 Å². The lowest BCUT2D eigenvalue weighted by molar-refractivity contribution is -0.142. The Balaban J connectivity index is 1.79. The first-order valence-electron chi connectivity index (χ1n) is 7.62. The molecule has 4 rings (SSSR count). The van der Waals surface area contributed by atoms with Gasteiger partial charge in [0.1, 0.15) is 12.0 Å². The van der Waals surface area contributed by atoms with Crippen LogP contribution < -0.4 is 5.06 Å². The topological polar surface area (TPSA) is 49.9 Å². The number of thiophene rings is 1. The van der Waals surface area contributed by atoms with Crippen molar-refractivity contribution in [3.05, 3.63) is 52.7 Å². The van der Waals surface area contributed by atoms with E-state index in [1.165, 1.54) is 4.90 Å². The second-order valence-corrected chi connectivity index (χ2v) is 6.57. The number of benzene rings is 1. The molecule has 2 saturated heterocycles. The van der Waals surface area contributed by atoms with E-state index in [0.29, 0.717) is 6.54 Å². The van der Waals surface area contributed by atoms with Crippen molar-refractivity contribution in [2.45, 2.75) is 19.1 Å². The summed E-state index contributed by atoms with van der Waals surface area (Å²) in [5.41, 5.74) is 0.851. The summed E-state index contributed by atoms with van der Waals surface area (Å²) in [7, 11) is 0. The van der Waals surface area contributed by atoms with Crippen LogP contribution in [-0.2, 0) is 14.4 Å². The van der Waals surface area contributed by atoms with E-state index in [1.807, 2.05) is 54.8 Å². The molecule has 2 aromatic rings. The first-order valence-corrected chi connectivity index (χ1v) is 8.50. The molecule has 2 aliphatic rings. The molecule has 0 spiro atoms. The highest BCUT2D eigenvalue weighted by atomic mass is 32.1. The van der Waals surface area contributed by atoms with E-state index < -0.39 is 12.0 Å². The smallest absolute Gasteiger partial charge is 0.261 e. The number of imide groups is 1. The van der Waals surface area contributed by atoms with Crippen molar-refractivity contribution < 1.29 is 14.4 Å². The quantitative estimate of drug-likeness (QED) is 0.813. The van der Waals surface area contributed by atoms with Gasteiger partial charge in [-0.2, -0.15) is 0 Å². The Hall–Kier alpha value is -2.18. The molecular formula is C17H16N2O3S. The first-order chi connectivity index (χ1) is 11.2. The third-order valence-electron chi connectivity index (χ3n) is 4.37. The number of carbonyl (C=O) groups is 2. The Morgan fingerprint density at radius 3 is 2.52 bits per heavy atom. The van der Waals surface area contributed by atoms with Crippen LogP contribution in [0.5, 0.6) is 0 Å². The molecule has 0 radical (unpaired) electrons. The summed E-state index contributed by atoms with van der Waals surface area (Å²) in [5, 5.41) is 3.70. The van der Waals surface area contributed by atoms with Crippen LogP contribution in [0.4, 0.5) is 5.69 Å². The van der Waals surface area contributed by atoms with Crippen molar-refractivity contribution >= 4 is 28.8 Å². The minimum atomic E-state index is -0.727. The number of fused-ring (bicyclic) bond motifs is 1. The average Bonchev–Trinajstić information content (AvgIpc) is 3.27. The molecule has 0 saturated carbocycles. The number of rotatable bonds is 3. The zero-order valence-electron chi connectivity index (χ0n) is 12.6. The van der Waals surface area contributed by atoms with Gasteiger partial charge in [0.15, 0.2) is 6.10 Å². The highest BCUT2D eigenvalue weighted by Gasteiger charge is 2.59. The zero-order chi connectivity index (χ0) is 16.0. The summed E-state index contributed by atoms with van der Waals surface area (Å²) in [4.78, 5) is 33.5. The Labute approximate surface area is 138 Å². The van der Waals surface area contributed by atoms with E-state index in [-0.39, 0.29) is 17.9 Å². The van der Waals surface area contributed by atoms with Crippen LogP contribution in [0.15, 0.2) is 47.8 Å². The van der Waals surface area contributed by atoms with E-state index in [4.69, 9.17) is 4.84 Å². The van der Waals surface area contributed by atoms with Gasteiger partial charge in [-0.25, -0.2) is 5.06 Å². The molecule has 0 bridgehead atoms. The van der Waals surface area contributed by atoms with Gasteiger partial charge >= 0.3 is 0 Å². The molecule has 3 atom stereocenters. The molecule has 1 aromatic heterocycles. The van der Waals surface area contributed by atoms with E-state index in [2.05, 4.69) is 0 Å². The minimum absolute atomic E-state index is 0.140. The molecular weight excluding hydrogens is 312 g/mol. The maximum atomic E-state index is 12.7. The highest BCUT2D eigenvalue weighted by Crippen LogP contribution is 2.47. The molecule has 23 heavy (non-hydrogen) atoms. The van der Waals surface area contributed by atoms with Crippen LogP contribution in [0.2, 0.25) is 0 Å². The number of amides is 2. The molecule has 118 valence electrons. The van der Waals surface area contributed by atoms with Gasteiger partial charge in [-0.15, -0.1) is 11.3 Å². The number of nitrogens with zero attached hydrogens (tertiary/aromatic N) is 2. The minimum Gasteiger partial charge on any atom is -0.280 e. The van der Waals surface area contributed by atoms with Crippen LogP contribution >= 0.6 is 11.3 Å². The molecule has 2 aliphatic heterocycles. The van der Waals surface area contributed by atoms with E-state index >= 15 is 0 Å². The predicted octanol–water partition coefficient (Wildman–Crippen LogP) is 2.61. The van der Waals surface area contributed by atoms with Gasteiger partial charge in [0.05, 0.1) is 5.69 Å². The van der Waals surface area contributed by atoms with Gasteiger partial charge in [0.25, 0.3) is 5.91 Å². The Morgan fingerprint density at radius 2 is 1.87 bits per heavy atom. The number of carbonyl (C=O) groups excluding carboxylic acids is 2. The summed E-state index contributed by atoms with van der Waals surface area (Å²) in [6.07, 6.45) is -0.727. The average molecular weight is 328 g/mol. The first kappa shape index (κ1) is 14.4. The number of likely N-dealkylation sites (N-methyl/N-ethyl adjacent to an activating group) is 1. The monoisotopic (exact) mass is 328 g/mol. The SMILES string of the molecule is CCN1C(=O)[C@H]2[C@H](ON(c3ccccc3)[C@H]2c2cccs2)C1=O. The molecule has 2 amide bonds. The van der Waals surface area contributed by atoms with Crippen molar-refractivity contribution in [2.24, 2.45) is 5.92 Å². The van der Waals surface area contributed by atoms with Gasteiger partial charge in [-0.1, -0.05) is 24.3 Å². The van der Waals surface area contributed by atoms with Crippen molar-refractivity contribution in [1.82, 2.24) is 4.90 Å². The standard InChI is InChI=1S/C17H16N2O3S/c1-2-18-16(20)13-14(12-9-6-10-23-12)19(22-15(13)17(18)21)11-7-4-3-5-8-11/h3-10,13-15H,2H2,1H3/t13-,14+,15+/m1/s1. The number of hydrogen-bond donors (Lipinski definition) is 0. The van der Waals surface area contributed by atoms with E-state index in [0.717, 1.165) is 10.6 Å². The number of para-hydroxylation sites is 1. The number of hydroxylamine groups is 1.